The van der Waals surface area contributed by atoms with Crippen molar-refractivity contribution in [3.8, 4) is 0 Å². The van der Waals surface area contributed by atoms with Crippen LogP contribution in [0.15, 0.2) is 10.4 Å². The molecule has 0 atom stereocenters. The zero-order chi connectivity index (χ0) is 8.20. The summed E-state index contributed by atoms with van der Waals surface area (Å²) in [5, 5.41) is 0. The molecule has 0 N–H and O–H groups in total. The third-order valence-electron chi connectivity index (χ3n) is 0.829. The van der Waals surface area contributed by atoms with E-state index in [9.17, 15) is 0 Å². The Morgan fingerprint density at radius 2 is 2.00 bits per heavy atom. The molecule has 0 saturated carbocycles. The average Bonchev–Trinajstić information content (AvgIpc) is 1.59. The van der Waals surface area contributed by atoms with Crippen molar-refractivity contribution in [3.63, 3.8) is 0 Å². The predicted molar refractivity (Wildman–Crippen MR) is 52.0 cm³/mol. The maximum Gasteiger partial charge on any atom is 0.154 e. The minimum Gasteiger partial charge on any atom is -0.488 e. The zero-order valence-corrected chi connectivity index (χ0v) is 9.66. The van der Waals surface area contributed by atoms with Gasteiger partial charge in [-0.15, -0.1) is 0 Å². The van der Waals surface area contributed by atoms with Crippen molar-refractivity contribution >= 4 is 24.0 Å². The Bertz CT molecular complexity index is 126. The predicted octanol–water partition coefficient (Wildman–Crippen LogP) is 3.14. The van der Waals surface area contributed by atoms with Gasteiger partial charge in [0.2, 0.25) is 0 Å². The van der Waals surface area contributed by atoms with E-state index in [0.717, 1.165) is 11.3 Å². The van der Waals surface area contributed by atoms with Crippen LogP contribution in [-0.4, -0.2) is 14.7 Å². The molecule has 0 aromatic carbocycles. The molecule has 0 aromatic heterocycles. The Kier molecular flexibility index (Phi) is 4.28. The molecule has 0 amide bonds. The Morgan fingerprint density at radius 1 is 1.50 bits per heavy atom. The lowest BCUT2D eigenvalue weighted by Gasteiger charge is -2.10. The van der Waals surface area contributed by atoms with Crippen LogP contribution >= 0.6 is 15.9 Å². The highest BCUT2D eigenvalue weighted by Gasteiger charge is 2.09. The molecule has 0 spiro atoms. The van der Waals surface area contributed by atoms with Gasteiger partial charge in [0.25, 0.3) is 0 Å². The van der Waals surface area contributed by atoms with Gasteiger partial charge in [0.15, 0.2) is 4.67 Å². The van der Waals surface area contributed by atoms with E-state index in [-0.39, 0.29) is 0 Å². The van der Waals surface area contributed by atoms with Gasteiger partial charge in [0.05, 0.1) is 14.7 Å². The van der Waals surface area contributed by atoms with Crippen molar-refractivity contribution in [1.29, 1.82) is 0 Å². The van der Waals surface area contributed by atoms with E-state index in [0.29, 0.717) is 0 Å². The van der Waals surface area contributed by atoms with E-state index in [1.165, 1.54) is 0 Å². The Balaban J connectivity index is 3.90. The second-order valence-electron chi connectivity index (χ2n) is 3.25. The van der Waals surface area contributed by atoms with Crippen LogP contribution in [0.1, 0.15) is 6.92 Å². The highest BCUT2D eigenvalue weighted by Crippen LogP contribution is 2.12. The number of hydrogen-bond donors (Lipinski definition) is 0. The van der Waals surface area contributed by atoms with E-state index in [2.05, 4.69) is 41.3 Å². The third-order valence-corrected chi connectivity index (χ3v) is 2.84. The topological polar surface area (TPSA) is 9.23 Å². The van der Waals surface area contributed by atoms with Gasteiger partial charge in [-0.05, 0) is 28.6 Å². The lowest BCUT2D eigenvalue weighted by atomic mass is 10.9. The van der Waals surface area contributed by atoms with E-state index >= 15 is 0 Å². The molecule has 60 valence electrons. The van der Waals surface area contributed by atoms with Crippen molar-refractivity contribution in [2.24, 2.45) is 0 Å². The summed E-state index contributed by atoms with van der Waals surface area (Å²) in [6.07, 6.45) is 0. The number of hydrogen-bond acceptors (Lipinski definition) is 1. The molecule has 0 heterocycles. The fourth-order valence-electron chi connectivity index (χ4n) is 0.520. The SMILES string of the molecule is CCOC(Br)=C[Si](C)(C)C. The highest BCUT2D eigenvalue weighted by atomic mass is 79.9. The highest BCUT2D eigenvalue weighted by molar-refractivity contribution is 9.11. The molecule has 0 fully saturated rings. The molecule has 10 heavy (non-hydrogen) atoms. The van der Waals surface area contributed by atoms with E-state index in [1.54, 1.807) is 0 Å². The molecule has 0 saturated heterocycles. The first-order valence-corrected chi connectivity index (χ1v) is 7.84. The molecule has 0 aromatic rings. The van der Waals surface area contributed by atoms with Crippen LogP contribution in [0.4, 0.5) is 0 Å². The molecular formula is C7H15BrOSi. The van der Waals surface area contributed by atoms with Crippen molar-refractivity contribution in [2.45, 2.75) is 26.6 Å². The molecular weight excluding hydrogens is 208 g/mol. The van der Waals surface area contributed by atoms with Gasteiger partial charge in [-0.3, -0.25) is 0 Å². The maximum absolute atomic E-state index is 5.23. The summed E-state index contributed by atoms with van der Waals surface area (Å²) in [5.41, 5.74) is 2.19. The second-order valence-corrected chi connectivity index (χ2v) is 9.05. The first-order valence-electron chi connectivity index (χ1n) is 3.47. The first kappa shape index (κ1) is 10.2. The Labute approximate surface area is 72.6 Å². The molecule has 3 heteroatoms. The van der Waals surface area contributed by atoms with E-state index < -0.39 is 8.07 Å². The zero-order valence-electron chi connectivity index (χ0n) is 7.07. The van der Waals surface area contributed by atoms with Crippen molar-refractivity contribution < 1.29 is 4.74 Å². The third kappa shape index (κ3) is 6.36. The van der Waals surface area contributed by atoms with Crippen LogP contribution in [0.2, 0.25) is 19.6 Å². The summed E-state index contributed by atoms with van der Waals surface area (Å²) < 4.78 is 6.13. The summed E-state index contributed by atoms with van der Waals surface area (Å²) in [6.45, 7) is 9.54. The second kappa shape index (κ2) is 4.19. The molecule has 0 aliphatic rings. The average molecular weight is 223 g/mol. The first-order chi connectivity index (χ1) is 4.45. The summed E-state index contributed by atoms with van der Waals surface area (Å²) in [4.78, 5) is 0. The van der Waals surface area contributed by atoms with Crippen LogP contribution in [0, 0.1) is 0 Å². The van der Waals surface area contributed by atoms with Gasteiger partial charge in [0.1, 0.15) is 0 Å². The fourth-order valence-corrected chi connectivity index (χ4v) is 3.57. The molecule has 1 nitrogen and oxygen atoms in total. The standard InChI is InChI=1S/C7H15BrOSi/c1-5-9-7(8)6-10(2,3)4/h6H,5H2,1-4H3. The summed E-state index contributed by atoms with van der Waals surface area (Å²) >= 11 is 3.35. The van der Waals surface area contributed by atoms with Gasteiger partial charge in [-0.25, -0.2) is 0 Å². The largest absolute Gasteiger partial charge is 0.488 e. The number of rotatable bonds is 3. The van der Waals surface area contributed by atoms with Crippen LogP contribution < -0.4 is 0 Å². The normalized spacial score (nSPS) is 13.5. The molecule has 0 rings (SSSR count). The number of halogens is 1. The van der Waals surface area contributed by atoms with Gasteiger partial charge < -0.3 is 4.74 Å². The van der Waals surface area contributed by atoms with Gasteiger partial charge >= 0.3 is 0 Å². The minimum absolute atomic E-state index is 0.738. The molecule has 0 radical (unpaired) electrons. The smallest absolute Gasteiger partial charge is 0.154 e. The molecule has 0 aliphatic heterocycles. The lowest BCUT2D eigenvalue weighted by molar-refractivity contribution is 0.261. The summed E-state index contributed by atoms with van der Waals surface area (Å²) in [6, 6.07) is 0. The molecule has 0 bridgehead atoms. The van der Waals surface area contributed by atoms with Gasteiger partial charge in [-0.2, -0.15) is 0 Å². The monoisotopic (exact) mass is 222 g/mol. The molecule has 0 unspecified atom stereocenters. The number of ether oxygens (including phenoxy) is 1. The van der Waals surface area contributed by atoms with Crippen LogP contribution in [-0.2, 0) is 4.74 Å². The van der Waals surface area contributed by atoms with Gasteiger partial charge in [0, 0.05) is 0 Å². The van der Waals surface area contributed by atoms with Crippen molar-refractivity contribution in [3.05, 3.63) is 10.4 Å². The lowest BCUT2D eigenvalue weighted by Crippen LogP contribution is -2.16. The van der Waals surface area contributed by atoms with Crippen LogP contribution in [0.5, 0.6) is 0 Å². The maximum atomic E-state index is 5.23. The van der Waals surface area contributed by atoms with Crippen molar-refractivity contribution in [1.82, 2.24) is 0 Å². The molecule has 0 aliphatic carbocycles. The quantitative estimate of drug-likeness (QED) is 0.527. The van der Waals surface area contributed by atoms with E-state index in [1.807, 2.05) is 6.92 Å². The fraction of sp³-hybridized carbons (Fsp3) is 0.714. The van der Waals surface area contributed by atoms with Gasteiger partial charge in [-0.1, -0.05) is 19.6 Å². The summed E-state index contributed by atoms with van der Waals surface area (Å²) in [7, 11) is -1.09. The van der Waals surface area contributed by atoms with Crippen LogP contribution in [0.25, 0.3) is 0 Å². The summed E-state index contributed by atoms with van der Waals surface area (Å²) in [5.74, 6) is 0. The minimum atomic E-state index is -1.09. The Morgan fingerprint density at radius 3 is 2.30 bits per heavy atom. The van der Waals surface area contributed by atoms with Crippen molar-refractivity contribution in [2.75, 3.05) is 6.61 Å². The Hall–Kier alpha value is 0.237. The van der Waals surface area contributed by atoms with Crippen LogP contribution in [0.3, 0.4) is 0 Å². The van der Waals surface area contributed by atoms with E-state index in [4.69, 9.17) is 4.74 Å².